The molecule has 0 bridgehead atoms. The Morgan fingerprint density at radius 1 is 0.930 bits per heavy atom. The van der Waals surface area contributed by atoms with Crippen LogP contribution in [0.3, 0.4) is 0 Å². The van der Waals surface area contributed by atoms with Crippen LogP contribution >= 0.6 is 23.1 Å². The van der Waals surface area contributed by atoms with Gasteiger partial charge in [-0.3, -0.25) is 23.7 Å². The molecule has 1 N–H and O–H groups in total. The zero-order valence-corrected chi connectivity index (χ0v) is 25.7. The number of thioether (sulfide) groups is 1. The summed E-state index contributed by atoms with van der Waals surface area (Å²) in [5.74, 6) is -1.55. The van der Waals surface area contributed by atoms with Crippen LogP contribution in [0.5, 0.6) is 5.75 Å². The van der Waals surface area contributed by atoms with E-state index in [0.29, 0.717) is 27.0 Å². The highest BCUT2D eigenvalue weighted by molar-refractivity contribution is 8.00. The molecule has 3 heterocycles. The molecule has 3 aromatic carbocycles. The molecule has 9 nitrogen and oxygen atoms in total. The summed E-state index contributed by atoms with van der Waals surface area (Å²) in [4.78, 5) is 58.1. The summed E-state index contributed by atoms with van der Waals surface area (Å²) < 4.78 is 6.60. The average molecular weight is 615 g/mol. The Bertz CT molecular complexity index is 1760. The number of hydrogen-bond acceptors (Lipinski definition) is 8. The third-order valence-electron chi connectivity index (χ3n) is 7.79. The number of rotatable bonds is 7. The van der Waals surface area contributed by atoms with Gasteiger partial charge >= 0.3 is 4.87 Å². The first-order valence-electron chi connectivity index (χ1n) is 13.7. The molecular weight excluding hydrogens is 585 g/mol. The van der Waals surface area contributed by atoms with E-state index in [2.05, 4.69) is 5.32 Å². The van der Waals surface area contributed by atoms with Gasteiger partial charge in [-0.15, -0.1) is 0 Å². The number of nitrogens with one attached hydrogen (secondary N) is 1. The molecule has 220 valence electrons. The van der Waals surface area contributed by atoms with Crippen LogP contribution in [0, 0.1) is 12.8 Å². The first-order valence-corrected chi connectivity index (χ1v) is 15.4. The molecule has 0 spiro atoms. The van der Waals surface area contributed by atoms with Crippen LogP contribution in [0.15, 0.2) is 82.6 Å². The Morgan fingerprint density at radius 2 is 1.60 bits per heavy atom. The number of thiazole rings is 1. The summed E-state index contributed by atoms with van der Waals surface area (Å²) in [6.07, 6.45) is 0. The number of ether oxygens (including phenoxy) is 1. The fourth-order valence-electron chi connectivity index (χ4n) is 5.56. The van der Waals surface area contributed by atoms with E-state index in [1.807, 2.05) is 62.3 Å². The minimum atomic E-state index is -0.746. The summed E-state index contributed by atoms with van der Waals surface area (Å²) in [6, 6.07) is 22.1. The van der Waals surface area contributed by atoms with Gasteiger partial charge in [0.1, 0.15) is 17.5 Å². The number of amides is 3. The minimum absolute atomic E-state index is 0.225. The number of anilines is 3. The standard InChI is InChI=1S/C32H30N4O5S2/c1-18-5-11-22(12-6-18)36-29(38)26-25(19-7-13-21(14-8-19)34(2)3)28-31(42-27(26)30(36)39)35(32(40)43-28)17-24(37)33-20-9-15-23(41-4)16-10-20/h5-16,25-27H,17H2,1-4H3,(H,33,37)/t25-,26?,27?/m1/s1. The monoisotopic (exact) mass is 614 g/mol. The molecule has 3 atom stereocenters. The summed E-state index contributed by atoms with van der Waals surface area (Å²) in [5.41, 5.74) is 3.94. The lowest BCUT2D eigenvalue weighted by Crippen LogP contribution is -2.33. The molecule has 1 fully saturated rings. The number of aryl methyl sites for hydroxylation is 1. The fraction of sp³-hybridized carbons (Fsp3) is 0.250. The smallest absolute Gasteiger partial charge is 0.308 e. The van der Waals surface area contributed by atoms with Crippen LogP contribution in [-0.2, 0) is 20.9 Å². The van der Waals surface area contributed by atoms with Gasteiger partial charge in [0.05, 0.1) is 23.7 Å². The number of nitrogens with zero attached hydrogens (tertiary/aromatic N) is 3. The summed E-state index contributed by atoms with van der Waals surface area (Å²) in [7, 11) is 5.46. The zero-order valence-electron chi connectivity index (χ0n) is 24.1. The van der Waals surface area contributed by atoms with Gasteiger partial charge < -0.3 is 15.0 Å². The molecule has 2 aliphatic heterocycles. The molecule has 43 heavy (non-hydrogen) atoms. The molecule has 4 aromatic rings. The van der Waals surface area contributed by atoms with Gasteiger partial charge in [-0.1, -0.05) is 52.9 Å². The number of carbonyl (C=O) groups excluding carboxylic acids is 3. The molecule has 1 aromatic heterocycles. The number of hydrogen-bond donors (Lipinski definition) is 1. The molecule has 2 aliphatic rings. The molecule has 11 heteroatoms. The zero-order chi connectivity index (χ0) is 30.4. The van der Waals surface area contributed by atoms with Crippen molar-refractivity contribution in [2.75, 3.05) is 36.3 Å². The lowest BCUT2D eigenvalue weighted by molar-refractivity contribution is -0.122. The van der Waals surface area contributed by atoms with Crippen LogP contribution in [0.1, 0.15) is 21.9 Å². The van der Waals surface area contributed by atoms with Crippen molar-refractivity contribution in [3.63, 3.8) is 0 Å². The van der Waals surface area contributed by atoms with Gasteiger partial charge in [0.2, 0.25) is 17.7 Å². The van der Waals surface area contributed by atoms with Crippen LogP contribution in [0.25, 0.3) is 0 Å². The lowest BCUT2D eigenvalue weighted by atomic mass is 9.83. The Labute approximate surface area is 257 Å². The molecule has 3 amide bonds. The van der Waals surface area contributed by atoms with Crippen LogP contribution in [0.2, 0.25) is 0 Å². The van der Waals surface area contributed by atoms with Gasteiger partial charge in [0.15, 0.2) is 0 Å². The second-order valence-electron chi connectivity index (χ2n) is 10.8. The van der Waals surface area contributed by atoms with E-state index in [1.165, 1.54) is 21.2 Å². The number of fused-ring (bicyclic) bond motifs is 2. The van der Waals surface area contributed by atoms with E-state index in [0.717, 1.165) is 28.2 Å². The number of aromatic nitrogens is 1. The van der Waals surface area contributed by atoms with E-state index < -0.39 is 17.1 Å². The highest BCUT2D eigenvalue weighted by atomic mass is 32.2. The normalized spacial score (nSPS) is 19.2. The van der Waals surface area contributed by atoms with Crippen LogP contribution in [-0.4, -0.2) is 48.7 Å². The predicted octanol–water partition coefficient (Wildman–Crippen LogP) is 4.73. The largest absolute Gasteiger partial charge is 0.497 e. The number of methoxy groups -OCH3 is 1. The second kappa shape index (κ2) is 11.4. The van der Waals surface area contributed by atoms with Crippen molar-refractivity contribution in [2.45, 2.75) is 29.7 Å². The second-order valence-corrected chi connectivity index (χ2v) is 12.9. The van der Waals surface area contributed by atoms with Gasteiger partial charge in [-0.2, -0.15) is 0 Å². The summed E-state index contributed by atoms with van der Waals surface area (Å²) >= 11 is 2.24. The van der Waals surface area contributed by atoms with Gasteiger partial charge in [0.25, 0.3) is 0 Å². The number of imide groups is 1. The van der Waals surface area contributed by atoms with E-state index in [9.17, 15) is 19.2 Å². The highest BCUT2D eigenvalue weighted by Gasteiger charge is 2.56. The highest BCUT2D eigenvalue weighted by Crippen LogP contribution is 2.54. The third kappa shape index (κ3) is 5.23. The van der Waals surface area contributed by atoms with E-state index in [1.54, 1.807) is 43.5 Å². The fourth-order valence-corrected chi connectivity index (χ4v) is 8.33. The van der Waals surface area contributed by atoms with E-state index >= 15 is 0 Å². The van der Waals surface area contributed by atoms with Crippen LogP contribution in [0.4, 0.5) is 17.1 Å². The van der Waals surface area contributed by atoms with Crippen molar-refractivity contribution in [1.29, 1.82) is 0 Å². The Hall–Kier alpha value is -4.35. The molecular formula is C32H30N4O5S2. The maximum Gasteiger partial charge on any atom is 0.308 e. The van der Waals surface area contributed by atoms with Crippen LogP contribution < -0.4 is 24.7 Å². The number of benzene rings is 3. The quantitative estimate of drug-likeness (QED) is 0.301. The van der Waals surface area contributed by atoms with Gasteiger partial charge in [0, 0.05) is 36.3 Å². The van der Waals surface area contributed by atoms with Gasteiger partial charge in [-0.25, -0.2) is 4.90 Å². The van der Waals surface area contributed by atoms with Gasteiger partial charge in [-0.05, 0) is 61.0 Å². The van der Waals surface area contributed by atoms with E-state index in [4.69, 9.17) is 4.74 Å². The molecule has 6 rings (SSSR count). The van der Waals surface area contributed by atoms with Crippen molar-refractivity contribution in [1.82, 2.24) is 4.57 Å². The molecule has 0 radical (unpaired) electrons. The first-order chi connectivity index (χ1) is 20.7. The maximum absolute atomic E-state index is 14.1. The topological polar surface area (TPSA) is 101 Å². The Balaban J connectivity index is 1.39. The molecule has 2 unspecified atom stereocenters. The van der Waals surface area contributed by atoms with E-state index in [-0.39, 0.29) is 29.1 Å². The third-order valence-corrected chi connectivity index (χ3v) is 10.4. The molecule has 0 saturated carbocycles. The van der Waals surface area contributed by atoms with Crippen molar-refractivity contribution in [3.05, 3.63) is 98.5 Å². The Morgan fingerprint density at radius 3 is 2.23 bits per heavy atom. The van der Waals surface area contributed by atoms with Crippen molar-refractivity contribution >= 4 is 57.9 Å². The summed E-state index contributed by atoms with van der Waals surface area (Å²) in [6.45, 7) is 1.72. The number of carbonyl (C=O) groups is 3. The lowest BCUT2D eigenvalue weighted by Gasteiger charge is -2.31. The van der Waals surface area contributed by atoms with Crippen molar-refractivity contribution in [2.24, 2.45) is 5.92 Å². The molecule has 1 saturated heterocycles. The van der Waals surface area contributed by atoms with Crippen molar-refractivity contribution in [3.8, 4) is 5.75 Å². The minimum Gasteiger partial charge on any atom is -0.497 e. The molecule has 0 aliphatic carbocycles. The predicted molar refractivity (Wildman–Crippen MR) is 170 cm³/mol. The maximum atomic E-state index is 14.1. The Kier molecular flexibility index (Phi) is 7.61. The SMILES string of the molecule is COc1ccc(NC(=O)Cn2c3c(sc2=O)[C@H](c2ccc(N(C)C)cc2)C2C(=O)N(c4ccc(C)cc4)C(=O)C2S3)cc1. The van der Waals surface area contributed by atoms with Crippen molar-refractivity contribution < 1.29 is 19.1 Å². The average Bonchev–Trinajstić information content (AvgIpc) is 3.44. The first kappa shape index (κ1) is 28.8. The summed E-state index contributed by atoms with van der Waals surface area (Å²) in [5, 5.41) is 2.63.